The molecule has 6 aliphatic carbocycles. The Morgan fingerprint density at radius 3 is 2.34 bits per heavy atom. The van der Waals surface area contributed by atoms with Gasteiger partial charge in [-0.25, -0.2) is 9.97 Å². The summed E-state index contributed by atoms with van der Waals surface area (Å²) in [5.41, 5.74) is 3.91. The molecule has 9 atom stereocenters. The Balaban J connectivity index is 1.32. The first-order valence-electron chi connectivity index (χ1n) is 18.3. The SMILES string of the molecule is Cc1nc(NC2CCCCC2)c2c(n1)C(C)(C)[C@@H]1CC[C@]3(C)[C@H](CC=C4[C@@H]5[C@@H](C)[C@H](C)CC[C@]5(C(=O)O)CC[C@]43C)[C@@]1(C)C2. The average Bonchev–Trinajstić information content (AvgIpc) is 2.96. The van der Waals surface area contributed by atoms with Gasteiger partial charge in [0.25, 0.3) is 0 Å². The number of fused-ring (bicyclic) bond motifs is 8. The fraction of sp³-hybridized carbons (Fsp3) is 0.821. The second-order valence-electron chi connectivity index (χ2n) is 17.9. The predicted octanol–water partition coefficient (Wildman–Crippen LogP) is 9.29. The van der Waals surface area contributed by atoms with Crippen LogP contribution in [0.15, 0.2) is 11.6 Å². The van der Waals surface area contributed by atoms with Gasteiger partial charge < -0.3 is 10.4 Å². The molecule has 0 amide bonds. The third kappa shape index (κ3) is 3.98. The Labute approximate surface area is 266 Å². The van der Waals surface area contributed by atoms with Crippen LogP contribution in [0.3, 0.4) is 0 Å². The van der Waals surface area contributed by atoms with Gasteiger partial charge in [0.1, 0.15) is 11.6 Å². The quantitative estimate of drug-likeness (QED) is 0.338. The smallest absolute Gasteiger partial charge is 0.310 e. The molecule has 2 N–H and O–H groups in total. The number of hydrogen-bond donors (Lipinski definition) is 2. The minimum absolute atomic E-state index is 0.0242. The molecule has 1 aromatic rings. The number of carboxylic acid groups (broad SMARTS) is 1. The topological polar surface area (TPSA) is 75.1 Å². The summed E-state index contributed by atoms with van der Waals surface area (Å²) < 4.78 is 0. The maximum Gasteiger partial charge on any atom is 0.310 e. The monoisotopic (exact) mass is 601 g/mol. The van der Waals surface area contributed by atoms with E-state index in [1.807, 2.05) is 0 Å². The zero-order chi connectivity index (χ0) is 31.4. The van der Waals surface area contributed by atoms with E-state index in [1.54, 1.807) is 0 Å². The summed E-state index contributed by atoms with van der Waals surface area (Å²) in [5, 5.41) is 14.7. The van der Waals surface area contributed by atoms with Gasteiger partial charge >= 0.3 is 5.97 Å². The molecule has 5 nitrogen and oxygen atoms in total. The Kier molecular flexibility index (Phi) is 7.01. The van der Waals surface area contributed by atoms with Crippen molar-refractivity contribution in [1.29, 1.82) is 0 Å². The molecule has 0 saturated heterocycles. The highest BCUT2D eigenvalue weighted by Crippen LogP contribution is 2.75. The van der Waals surface area contributed by atoms with Crippen LogP contribution in [0, 0.1) is 58.2 Å². The summed E-state index contributed by atoms with van der Waals surface area (Å²) in [6, 6.07) is 0.517. The highest BCUT2D eigenvalue weighted by molar-refractivity contribution is 5.76. The van der Waals surface area contributed by atoms with E-state index in [4.69, 9.17) is 9.97 Å². The summed E-state index contributed by atoms with van der Waals surface area (Å²) in [6.45, 7) is 19.6. The molecule has 0 unspecified atom stereocenters. The summed E-state index contributed by atoms with van der Waals surface area (Å²) in [5.74, 6) is 3.74. The third-order valence-electron chi connectivity index (χ3n) is 15.8. The van der Waals surface area contributed by atoms with Gasteiger partial charge in [-0.1, -0.05) is 79.4 Å². The molecular formula is C39H59N3O2. The number of hydrogen-bond acceptors (Lipinski definition) is 4. The van der Waals surface area contributed by atoms with Crippen LogP contribution in [0.4, 0.5) is 5.82 Å². The van der Waals surface area contributed by atoms with Gasteiger partial charge in [-0.2, -0.15) is 0 Å². The molecule has 0 aromatic carbocycles. The number of anilines is 1. The molecule has 4 fully saturated rings. The van der Waals surface area contributed by atoms with Gasteiger partial charge in [0.05, 0.1) is 11.1 Å². The number of carboxylic acids is 1. The maximum atomic E-state index is 13.1. The predicted molar refractivity (Wildman–Crippen MR) is 178 cm³/mol. The number of carbonyl (C=O) groups is 1. The Morgan fingerprint density at radius 1 is 0.909 bits per heavy atom. The molecule has 1 aromatic heterocycles. The minimum Gasteiger partial charge on any atom is -0.481 e. The van der Waals surface area contributed by atoms with E-state index in [-0.39, 0.29) is 27.6 Å². The van der Waals surface area contributed by atoms with E-state index >= 15 is 0 Å². The first-order chi connectivity index (χ1) is 20.7. The largest absolute Gasteiger partial charge is 0.481 e. The van der Waals surface area contributed by atoms with Gasteiger partial charge in [0.2, 0.25) is 0 Å². The van der Waals surface area contributed by atoms with Crippen molar-refractivity contribution in [3.63, 3.8) is 0 Å². The van der Waals surface area contributed by atoms with Crippen LogP contribution in [0.1, 0.15) is 143 Å². The van der Waals surface area contributed by atoms with Crippen molar-refractivity contribution < 1.29 is 9.90 Å². The molecule has 44 heavy (non-hydrogen) atoms. The lowest BCUT2D eigenvalue weighted by atomic mass is 9.33. The van der Waals surface area contributed by atoms with Crippen molar-refractivity contribution in [2.75, 3.05) is 5.32 Å². The second-order valence-corrected chi connectivity index (χ2v) is 17.9. The van der Waals surface area contributed by atoms with Gasteiger partial charge in [-0.3, -0.25) is 4.79 Å². The highest BCUT2D eigenvalue weighted by atomic mass is 16.4. The van der Waals surface area contributed by atoms with Crippen molar-refractivity contribution >= 4 is 11.8 Å². The molecule has 0 radical (unpaired) electrons. The van der Waals surface area contributed by atoms with Gasteiger partial charge in [-0.15, -0.1) is 0 Å². The van der Waals surface area contributed by atoms with Gasteiger partial charge in [0, 0.05) is 17.0 Å². The Morgan fingerprint density at radius 2 is 1.64 bits per heavy atom. The van der Waals surface area contributed by atoms with Gasteiger partial charge in [-0.05, 0) is 117 Å². The van der Waals surface area contributed by atoms with Crippen LogP contribution < -0.4 is 5.32 Å². The van der Waals surface area contributed by atoms with E-state index in [2.05, 4.69) is 66.8 Å². The molecule has 0 aliphatic heterocycles. The number of rotatable bonds is 3. The number of nitrogens with one attached hydrogen (secondary N) is 1. The molecule has 5 heteroatoms. The van der Waals surface area contributed by atoms with Crippen LogP contribution >= 0.6 is 0 Å². The molecule has 242 valence electrons. The molecule has 0 spiro atoms. The van der Waals surface area contributed by atoms with E-state index in [1.165, 1.54) is 61.8 Å². The van der Waals surface area contributed by atoms with Gasteiger partial charge in [0.15, 0.2) is 0 Å². The maximum absolute atomic E-state index is 13.1. The van der Waals surface area contributed by atoms with E-state index in [9.17, 15) is 9.90 Å². The molecule has 7 rings (SSSR count). The second kappa shape index (κ2) is 10.0. The summed E-state index contributed by atoms with van der Waals surface area (Å²) in [7, 11) is 0. The Bertz CT molecular complexity index is 1380. The zero-order valence-corrected chi connectivity index (χ0v) is 29.0. The number of allylic oxidation sites excluding steroid dienone is 2. The lowest BCUT2D eigenvalue weighted by molar-refractivity contribution is -0.179. The summed E-state index contributed by atoms with van der Waals surface area (Å²) >= 11 is 0. The fourth-order valence-electron chi connectivity index (χ4n) is 13.1. The standard InChI is InChI=1S/C39H59N3O2/c1-23-16-19-39(34(43)44)21-20-37(7)28(31(39)24(23)2)14-15-30-36(6)22-27-32(35(4,5)29(36)17-18-38(30,37)8)40-25(3)41-33(27)42-26-12-10-9-11-13-26/h14,23-24,26,29-31H,9-13,15-22H2,1-8H3,(H,43,44)(H,40,41,42)/t23-,24+,29+,30-,31+,36+,37-,38-,39+/m1/s1. The van der Waals surface area contributed by atoms with Crippen molar-refractivity contribution in [3.05, 3.63) is 28.7 Å². The summed E-state index contributed by atoms with van der Waals surface area (Å²) in [4.78, 5) is 23.4. The number of aryl methyl sites for hydroxylation is 1. The number of aromatic nitrogens is 2. The van der Waals surface area contributed by atoms with Crippen LogP contribution in [0.25, 0.3) is 0 Å². The van der Waals surface area contributed by atoms with E-state index < -0.39 is 11.4 Å². The lowest BCUT2D eigenvalue weighted by Crippen LogP contribution is -2.65. The molecular weight excluding hydrogens is 542 g/mol. The van der Waals surface area contributed by atoms with Crippen LogP contribution in [-0.2, 0) is 16.6 Å². The summed E-state index contributed by atoms with van der Waals surface area (Å²) in [6.07, 6.45) is 17.3. The van der Waals surface area contributed by atoms with Crippen molar-refractivity contribution in [1.82, 2.24) is 9.97 Å². The first kappa shape index (κ1) is 30.7. The van der Waals surface area contributed by atoms with Crippen molar-refractivity contribution in [2.24, 2.45) is 51.2 Å². The number of nitrogens with zero attached hydrogens (tertiary/aromatic N) is 2. The third-order valence-corrected chi connectivity index (χ3v) is 15.8. The van der Waals surface area contributed by atoms with Crippen LogP contribution in [0.2, 0.25) is 0 Å². The zero-order valence-electron chi connectivity index (χ0n) is 29.0. The van der Waals surface area contributed by atoms with Crippen molar-refractivity contribution in [3.8, 4) is 0 Å². The molecule has 4 saturated carbocycles. The normalized spacial score (nSPS) is 44.6. The minimum atomic E-state index is -0.581. The number of aliphatic carboxylic acids is 1. The van der Waals surface area contributed by atoms with Crippen molar-refractivity contribution in [2.45, 2.75) is 150 Å². The molecule has 0 bridgehead atoms. The fourth-order valence-corrected chi connectivity index (χ4v) is 13.1. The average molecular weight is 602 g/mol. The molecule has 1 heterocycles. The van der Waals surface area contributed by atoms with Crippen LogP contribution in [-0.4, -0.2) is 27.1 Å². The Hall–Kier alpha value is -1.91. The first-order valence-corrected chi connectivity index (χ1v) is 18.3. The van der Waals surface area contributed by atoms with E-state index in [0.29, 0.717) is 29.7 Å². The molecule has 6 aliphatic rings. The van der Waals surface area contributed by atoms with Crippen LogP contribution in [0.5, 0.6) is 0 Å². The van der Waals surface area contributed by atoms with E-state index in [0.717, 1.165) is 50.2 Å². The highest BCUT2D eigenvalue weighted by Gasteiger charge is 2.69. The lowest BCUT2D eigenvalue weighted by Gasteiger charge is -2.70.